The minimum absolute atomic E-state index is 0.495. The molecule has 0 radical (unpaired) electrons. The minimum atomic E-state index is 0.495. The van der Waals surface area contributed by atoms with Crippen molar-refractivity contribution in [2.45, 2.75) is 33.1 Å². The van der Waals surface area contributed by atoms with Crippen LogP contribution in [0.2, 0.25) is 0 Å². The summed E-state index contributed by atoms with van der Waals surface area (Å²) in [5, 5.41) is 19.2. The Labute approximate surface area is 194 Å². The molecule has 1 aliphatic rings. The van der Waals surface area contributed by atoms with Gasteiger partial charge in [0.05, 0.1) is 10.7 Å². The molecule has 8 heteroatoms. The molecule has 3 rings (SSSR count). The van der Waals surface area contributed by atoms with E-state index in [0.29, 0.717) is 36.2 Å². The van der Waals surface area contributed by atoms with Crippen LogP contribution in [0.15, 0.2) is 52.5 Å². The Balaban J connectivity index is 1.83. The van der Waals surface area contributed by atoms with E-state index in [2.05, 4.69) is 28.6 Å². The molecular formula is C24H30N6OS. The third-order valence-electron chi connectivity index (χ3n) is 4.85. The Morgan fingerprint density at radius 2 is 2.00 bits per heavy atom. The van der Waals surface area contributed by atoms with Crippen molar-refractivity contribution in [2.24, 2.45) is 0 Å². The molecule has 1 aliphatic heterocycles. The Kier molecular flexibility index (Phi) is 8.96. The molecule has 0 saturated carbocycles. The van der Waals surface area contributed by atoms with Crippen molar-refractivity contribution in [1.82, 2.24) is 15.3 Å². The molecule has 0 bridgehead atoms. The van der Waals surface area contributed by atoms with Crippen LogP contribution in [0.1, 0.15) is 38.8 Å². The van der Waals surface area contributed by atoms with Crippen LogP contribution in [0.25, 0.3) is 5.57 Å². The zero-order valence-electron chi connectivity index (χ0n) is 18.9. The van der Waals surface area contributed by atoms with Gasteiger partial charge in [-0.05, 0) is 37.3 Å². The van der Waals surface area contributed by atoms with E-state index in [9.17, 15) is 5.26 Å². The molecule has 0 unspecified atom stereocenters. The highest BCUT2D eigenvalue weighted by Crippen LogP contribution is 2.32. The maximum Gasteiger partial charge on any atom is 0.225 e. The molecule has 0 fully saturated rings. The molecule has 0 aliphatic carbocycles. The highest BCUT2D eigenvalue weighted by Gasteiger charge is 2.18. The number of anilines is 3. The number of nitrogens with one attached hydrogen (secondary N) is 2. The summed E-state index contributed by atoms with van der Waals surface area (Å²) in [6, 6.07) is 14.2. The van der Waals surface area contributed by atoms with Gasteiger partial charge in [-0.3, -0.25) is 0 Å². The number of hydrogen-bond acceptors (Lipinski definition) is 8. The van der Waals surface area contributed by atoms with Crippen molar-refractivity contribution >= 4 is 34.8 Å². The number of unbranched alkanes of at least 4 members (excludes halogenated alkanes) is 1. The van der Waals surface area contributed by atoms with E-state index < -0.39 is 0 Å². The van der Waals surface area contributed by atoms with E-state index in [0.717, 1.165) is 42.3 Å². The largest absolute Gasteiger partial charge is 0.381 e. The third-order valence-corrected chi connectivity index (χ3v) is 5.86. The molecule has 0 atom stereocenters. The van der Waals surface area contributed by atoms with Crippen molar-refractivity contribution in [3.63, 3.8) is 0 Å². The second kappa shape index (κ2) is 12.1. The van der Waals surface area contributed by atoms with E-state index in [1.165, 1.54) is 11.8 Å². The topological polar surface area (TPSA) is 86.1 Å². The maximum absolute atomic E-state index is 9.89. The highest BCUT2D eigenvalue weighted by atomic mass is 32.2. The normalized spacial score (nSPS) is 14.4. The van der Waals surface area contributed by atoms with Crippen LogP contribution in [-0.4, -0.2) is 36.8 Å². The first kappa shape index (κ1) is 23.6. The average Bonchev–Trinajstić information content (AvgIpc) is 3.24. The predicted molar refractivity (Wildman–Crippen MR) is 132 cm³/mol. The highest BCUT2D eigenvalue weighted by molar-refractivity contribution is 8.06. The van der Waals surface area contributed by atoms with Gasteiger partial charge in [0.1, 0.15) is 17.5 Å². The molecule has 2 aromatic rings. The Morgan fingerprint density at radius 3 is 2.69 bits per heavy atom. The van der Waals surface area contributed by atoms with Gasteiger partial charge in [0.2, 0.25) is 5.95 Å². The fourth-order valence-corrected chi connectivity index (χ4v) is 3.89. The van der Waals surface area contributed by atoms with Gasteiger partial charge in [-0.25, -0.2) is 4.98 Å². The van der Waals surface area contributed by atoms with Crippen molar-refractivity contribution in [2.75, 3.05) is 37.0 Å². The summed E-state index contributed by atoms with van der Waals surface area (Å²) in [6.45, 7) is 6.31. The quantitative estimate of drug-likeness (QED) is 0.354. The lowest BCUT2D eigenvalue weighted by Gasteiger charge is -2.20. The Bertz CT molecular complexity index is 999. The summed E-state index contributed by atoms with van der Waals surface area (Å²) in [7, 11) is 1.96. The van der Waals surface area contributed by atoms with Crippen LogP contribution in [-0.2, 0) is 4.74 Å². The number of thioether (sulfide) groups is 1. The van der Waals surface area contributed by atoms with Crippen LogP contribution >= 0.6 is 11.8 Å². The number of nitriles is 1. The summed E-state index contributed by atoms with van der Waals surface area (Å²) in [6.07, 6.45) is 3.07. The number of aromatic nitrogens is 2. The number of hydrogen-bond donors (Lipinski definition) is 2. The molecule has 2 heterocycles. The molecule has 1 aromatic carbocycles. The van der Waals surface area contributed by atoms with Crippen LogP contribution in [0, 0.1) is 11.3 Å². The van der Waals surface area contributed by atoms with Crippen molar-refractivity contribution in [3.8, 4) is 6.07 Å². The van der Waals surface area contributed by atoms with Gasteiger partial charge < -0.3 is 20.3 Å². The lowest BCUT2D eigenvalue weighted by Crippen LogP contribution is -2.16. The summed E-state index contributed by atoms with van der Waals surface area (Å²) in [4.78, 5) is 11.3. The fourth-order valence-electron chi connectivity index (χ4n) is 3.05. The second-order valence-corrected chi connectivity index (χ2v) is 8.32. The number of allylic oxidation sites excluding steroid dienone is 2. The van der Waals surface area contributed by atoms with Crippen LogP contribution < -0.4 is 15.5 Å². The fraction of sp³-hybridized carbons (Fsp3) is 0.375. The zero-order chi connectivity index (χ0) is 22.8. The standard InChI is InChI=1S/C24H30N6OS/c1-4-5-13-31-14-9-12-26-24-28-21(20(16-25)23-27-18(2)17-32-23)15-22(29-24)30(3)19-10-7-6-8-11-19/h6-8,10-11,15,17,27H,4-5,9,12-14H2,1-3H3,(H,26,28,29). The van der Waals surface area contributed by atoms with E-state index in [4.69, 9.17) is 9.72 Å². The van der Waals surface area contributed by atoms with Gasteiger partial charge in [-0.1, -0.05) is 43.3 Å². The summed E-state index contributed by atoms with van der Waals surface area (Å²) >= 11 is 1.50. The first-order chi connectivity index (χ1) is 15.6. The maximum atomic E-state index is 9.89. The molecule has 32 heavy (non-hydrogen) atoms. The SMILES string of the molecule is CCCCOCCCNc1nc(C(C#N)=C2NC(C)=CS2)cc(N(C)c2ccccc2)n1. The Morgan fingerprint density at radius 1 is 1.22 bits per heavy atom. The molecule has 0 amide bonds. The van der Waals surface area contributed by atoms with E-state index in [1.54, 1.807) is 0 Å². The monoisotopic (exact) mass is 450 g/mol. The number of para-hydroxylation sites is 1. The smallest absolute Gasteiger partial charge is 0.225 e. The zero-order valence-corrected chi connectivity index (χ0v) is 19.7. The van der Waals surface area contributed by atoms with Crippen molar-refractivity contribution < 1.29 is 4.74 Å². The lowest BCUT2D eigenvalue weighted by molar-refractivity contribution is 0.131. The summed E-state index contributed by atoms with van der Waals surface area (Å²) in [5.41, 5.74) is 3.10. The Hall–Kier alpha value is -3.02. The molecule has 1 aromatic heterocycles. The third kappa shape index (κ3) is 6.49. The van der Waals surface area contributed by atoms with E-state index in [1.807, 2.05) is 60.7 Å². The minimum Gasteiger partial charge on any atom is -0.381 e. The van der Waals surface area contributed by atoms with Gasteiger partial charge >= 0.3 is 0 Å². The average molecular weight is 451 g/mol. The molecule has 2 N–H and O–H groups in total. The summed E-state index contributed by atoms with van der Waals surface area (Å²) in [5.74, 6) is 1.21. The molecule has 168 valence electrons. The van der Waals surface area contributed by atoms with Gasteiger partial charge in [0.15, 0.2) is 0 Å². The second-order valence-electron chi connectivity index (χ2n) is 7.44. The van der Waals surface area contributed by atoms with Gasteiger partial charge in [-0.15, -0.1) is 0 Å². The van der Waals surface area contributed by atoms with Crippen LogP contribution in [0.5, 0.6) is 0 Å². The first-order valence-electron chi connectivity index (χ1n) is 10.9. The van der Waals surface area contributed by atoms with Crippen LogP contribution in [0.3, 0.4) is 0 Å². The van der Waals surface area contributed by atoms with Crippen LogP contribution in [0.4, 0.5) is 17.5 Å². The number of nitrogens with zero attached hydrogens (tertiary/aromatic N) is 4. The van der Waals surface area contributed by atoms with Crippen molar-refractivity contribution in [1.29, 1.82) is 5.26 Å². The number of benzene rings is 1. The molecular weight excluding hydrogens is 420 g/mol. The predicted octanol–water partition coefficient (Wildman–Crippen LogP) is 5.25. The summed E-state index contributed by atoms with van der Waals surface area (Å²) < 4.78 is 5.63. The number of rotatable bonds is 11. The lowest BCUT2D eigenvalue weighted by atomic mass is 10.2. The van der Waals surface area contributed by atoms with E-state index in [-0.39, 0.29) is 0 Å². The molecule has 0 spiro atoms. The first-order valence-corrected chi connectivity index (χ1v) is 11.7. The van der Waals surface area contributed by atoms with E-state index >= 15 is 0 Å². The number of ether oxygens (including phenoxy) is 1. The van der Waals surface area contributed by atoms with Gasteiger partial charge in [0.25, 0.3) is 0 Å². The van der Waals surface area contributed by atoms with Gasteiger partial charge in [-0.2, -0.15) is 10.2 Å². The van der Waals surface area contributed by atoms with Gasteiger partial charge in [0, 0.05) is 44.3 Å². The molecule has 0 saturated heterocycles. The molecule has 7 nitrogen and oxygen atoms in total. The van der Waals surface area contributed by atoms with Crippen molar-refractivity contribution in [3.05, 3.63) is 58.2 Å².